The summed E-state index contributed by atoms with van der Waals surface area (Å²) in [6, 6.07) is 0.741. The molecule has 0 saturated carbocycles. The van der Waals surface area contributed by atoms with Crippen LogP contribution in [-0.2, 0) is 0 Å². The highest BCUT2D eigenvalue weighted by Gasteiger charge is 2.27. The summed E-state index contributed by atoms with van der Waals surface area (Å²) < 4.78 is 0. The van der Waals surface area contributed by atoms with Crippen LogP contribution in [0.1, 0.15) is 40.5 Å². The Kier molecular flexibility index (Phi) is 5.90. The van der Waals surface area contributed by atoms with Gasteiger partial charge in [-0.1, -0.05) is 0 Å². The molecule has 17 heavy (non-hydrogen) atoms. The van der Waals surface area contributed by atoms with Gasteiger partial charge in [0.1, 0.15) is 0 Å². The monoisotopic (exact) mass is 241 g/mol. The minimum Gasteiger partial charge on any atom is -0.320 e. The van der Waals surface area contributed by atoms with Crippen LogP contribution < -0.4 is 5.32 Å². The molecule has 0 aliphatic carbocycles. The molecule has 1 saturated heterocycles. The van der Waals surface area contributed by atoms with E-state index in [0.29, 0.717) is 5.54 Å². The molecule has 0 bridgehead atoms. The molecular weight excluding hydrogens is 210 g/mol. The van der Waals surface area contributed by atoms with Gasteiger partial charge >= 0.3 is 0 Å². The molecule has 0 spiro atoms. The van der Waals surface area contributed by atoms with Gasteiger partial charge in [0.05, 0.1) is 0 Å². The van der Waals surface area contributed by atoms with Gasteiger partial charge in [0.2, 0.25) is 0 Å². The lowest BCUT2D eigenvalue weighted by molar-refractivity contribution is 0.0436. The zero-order chi connectivity index (χ0) is 12.9. The quantitative estimate of drug-likeness (QED) is 0.740. The number of hydrogen-bond donors (Lipinski definition) is 1. The van der Waals surface area contributed by atoms with Gasteiger partial charge in [-0.05, 0) is 54.1 Å². The van der Waals surface area contributed by atoms with E-state index in [4.69, 9.17) is 0 Å². The first-order valence-electron chi connectivity index (χ1n) is 7.09. The second-order valence-electron chi connectivity index (χ2n) is 6.29. The van der Waals surface area contributed by atoms with Gasteiger partial charge in [0.25, 0.3) is 0 Å². The fraction of sp³-hybridized carbons (Fsp3) is 1.00. The van der Waals surface area contributed by atoms with Crippen LogP contribution in [0.5, 0.6) is 0 Å². The smallest absolute Gasteiger partial charge is 0.0126 e. The molecule has 1 atom stereocenters. The summed E-state index contributed by atoms with van der Waals surface area (Å²) in [7, 11) is 2.03. The van der Waals surface area contributed by atoms with Crippen molar-refractivity contribution in [1.29, 1.82) is 0 Å². The van der Waals surface area contributed by atoms with E-state index < -0.39 is 0 Å². The first-order valence-corrected chi connectivity index (χ1v) is 7.09. The van der Waals surface area contributed by atoms with Crippen LogP contribution in [0.15, 0.2) is 0 Å². The number of piperazine rings is 1. The van der Waals surface area contributed by atoms with Crippen molar-refractivity contribution in [3.05, 3.63) is 0 Å². The Balaban J connectivity index is 2.26. The van der Waals surface area contributed by atoms with Crippen molar-refractivity contribution in [2.75, 3.05) is 39.8 Å². The number of nitrogens with zero attached hydrogens (tertiary/aromatic N) is 2. The third-order valence-electron chi connectivity index (χ3n) is 3.93. The summed E-state index contributed by atoms with van der Waals surface area (Å²) in [6.45, 7) is 15.4. The minimum absolute atomic E-state index is 0.335. The summed E-state index contributed by atoms with van der Waals surface area (Å²) in [5.41, 5.74) is 0.335. The van der Waals surface area contributed by atoms with Crippen LogP contribution in [0.4, 0.5) is 0 Å². The molecule has 1 aliphatic heterocycles. The molecule has 0 aromatic carbocycles. The van der Waals surface area contributed by atoms with Crippen LogP contribution in [0.25, 0.3) is 0 Å². The fourth-order valence-corrected chi connectivity index (χ4v) is 2.59. The summed E-state index contributed by atoms with van der Waals surface area (Å²) in [4.78, 5) is 5.25. The van der Waals surface area contributed by atoms with E-state index in [0.717, 1.165) is 12.6 Å². The van der Waals surface area contributed by atoms with E-state index in [1.807, 2.05) is 7.05 Å². The lowest BCUT2D eigenvalue weighted by Gasteiger charge is -2.44. The lowest BCUT2D eigenvalue weighted by Crippen LogP contribution is -2.55. The molecule has 0 radical (unpaired) electrons. The third kappa shape index (κ3) is 4.94. The second kappa shape index (κ2) is 6.72. The molecule has 1 fully saturated rings. The highest BCUT2D eigenvalue weighted by Crippen LogP contribution is 2.17. The lowest BCUT2D eigenvalue weighted by atomic mass is 10.0. The van der Waals surface area contributed by atoms with Gasteiger partial charge in [-0.2, -0.15) is 0 Å². The molecule has 0 aromatic rings. The van der Waals surface area contributed by atoms with Gasteiger partial charge in [0.15, 0.2) is 0 Å². The molecular formula is C14H31N3. The predicted octanol–water partition coefficient (Wildman–Crippen LogP) is 1.79. The van der Waals surface area contributed by atoms with Gasteiger partial charge in [-0.25, -0.2) is 0 Å². The highest BCUT2D eigenvalue weighted by atomic mass is 15.3. The Morgan fingerprint density at radius 3 is 2.18 bits per heavy atom. The normalized spacial score (nSPS) is 21.7. The average Bonchev–Trinajstić information content (AvgIpc) is 2.28. The standard InChI is InChI=1S/C14H31N3/c1-13(7-6-8-15-5)16-9-11-17(12-10-16)14(2,3)4/h13,15H,6-12H2,1-5H3. The van der Waals surface area contributed by atoms with Crippen molar-refractivity contribution < 1.29 is 0 Å². The van der Waals surface area contributed by atoms with Crippen molar-refractivity contribution >= 4 is 0 Å². The van der Waals surface area contributed by atoms with Crippen molar-refractivity contribution in [1.82, 2.24) is 15.1 Å². The maximum atomic E-state index is 3.23. The fourth-order valence-electron chi connectivity index (χ4n) is 2.59. The molecule has 0 aromatic heterocycles. The third-order valence-corrected chi connectivity index (χ3v) is 3.93. The molecule has 3 nitrogen and oxygen atoms in total. The number of rotatable bonds is 5. The maximum absolute atomic E-state index is 3.23. The van der Waals surface area contributed by atoms with E-state index in [1.54, 1.807) is 0 Å². The van der Waals surface area contributed by atoms with Gasteiger partial charge in [-0.3, -0.25) is 9.80 Å². The summed E-state index contributed by atoms with van der Waals surface area (Å²) in [5, 5.41) is 3.23. The Labute approximate surface area is 108 Å². The molecule has 102 valence electrons. The maximum Gasteiger partial charge on any atom is 0.0126 e. The molecule has 1 aliphatic rings. The van der Waals surface area contributed by atoms with Crippen molar-refractivity contribution in [2.45, 2.75) is 52.1 Å². The van der Waals surface area contributed by atoms with Crippen molar-refractivity contribution in [3.63, 3.8) is 0 Å². The predicted molar refractivity (Wildman–Crippen MR) is 75.5 cm³/mol. The van der Waals surface area contributed by atoms with E-state index in [1.165, 1.54) is 39.0 Å². The average molecular weight is 241 g/mol. The zero-order valence-electron chi connectivity index (χ0n) is 12.4. The molecule has 1 rings (SSSR count). The summed E-state index contributed by atoms with van der Waals surface area (Å²) in [5.74, 6) is 0. The highest BCUT2D eigenvalue weighted by molar-refractivity contribution is 4.83. The Bertz CT molecular complexity index is 202. The topological polar surface area (TPSA) is 18.5 Å². The Hall–Kier alpha value is -0.120. The van der Waals surface area contributed by atoms with E-state index in [9.17, 15) is 0 Å². The summed E-state index contributed by atoms with van der Waals surface area (Å²) >= 11 is 0. The van der Waals surface area contributed by atoms with Crippen LogP contribution in [0, 0.1) is 0 Å². The largest absolute Gasteiger partial charge is 0.320 e. The van der Waals surface area contributed by atoms with Crippen molar-refractivity contribution in [3.8, 4) is 0 Å². The first-order chi connectivity index (χ1) is 7.95. The Morgan fingerprint density at radius 1 is 1.12 bits per heavy atom. The minimum atomic E-state index is 0.335. The van der Waals surface area contributed by atoms with Gasteiger partial charge in [0, 0.05) is 37.8 Å². The van der Waals surface area contributed by atoms with E-state index in [-0.39, 0.29) is 0 Å². The number of hydrogen-bond acceptors (Lipinski definition) is 3. The van der Waals surface area contributed by atoms with Crippen molar-refractivity contribution in [2.24, 2.45) is 0 Å². The Morgan fingerprint density at radius 2 is 1.71 bits per heavy atom. The van der Waals surface area contributed by atoms with Crippen LogP contribution in [-0.4, -0.2) is 61.2 Å². The number of nitrogens with one attached hydrogen (secondary N) is 1. The molecule has 0 amide bonds. The van der Waals surface area contributed by atoms with Crippen LogP contribution in [0.3, 0.4) is 0 Å². The zero-order valence-corrected chi connectivity index (χ0v) is 12.4. The second-order valence-corrected chi connectivity index (χ2v) is 6.29. The van der Waals surface area contributed by atoms with Crippen LogP contribution >= 0.6 is 0 Å². The van der Waals surface area contributed by atoms with E-state index >= 15 is 0 Å². The summed E-state index contributed by atoms with van der Waals surface area (Å²) in [6.07, 6.45) is 2.60. The van der Waals surface area contributed by atoms with E-state index in [2.05, 4.69) is 42.8 Å². The molecule has 1 N–H and O–H groups in total. The molecule has 3 heteroatoms. The van der Waals surface area contributed by atoms with Gasteiger partial charge < -0.3 is 5.32 Å². The molecule has 1 unspecified atom stereocenters. The van der Waals surface area contributed by atoms with Gasteiger partial charge in [-0.15, -0.1) is 0 Å². The van der Waals surface area contributed by atoms with Crippen LogP contribution in [0.2, 0.25) is 0 Å². The SMILES string of the molecule is CNCCCC(C)N1CCN(C(C)(C)C)CC1. The molecule has 1 heterocycles. The first kappa shape index (κ1) is 14.9.